The van der Waals surface area contributed by atoms with Crippen molar-refractivity contribution >= 4 is 0 Å². The number of benzene rings is 1. The van der Waals surface area contributed by atoms with Crippen molar-refractivity contribution in [3.63, 3.8) is 0 Å². The van der Waals surface area contributed by atoms with Crippen molar-refractivity contribution in [2.45, 2.75) is 31.3 Å². The van der Waals surface area contributed by atoms with E-state index in [0.29, 0.717) is 12.1 Å². The molecule has 6 heteroatoms. The summed E-state index contributed by atoms with van der Waals surface area (Å²) in [6.45, 7) is 12.7. The van der Waals surface area contributed by atoms with Crippen molar-refractivity contribution in [2.75, 3.05) is 93.1 Å². The number of nitrogens with one attached hydrogen (secondary N) is 2. The monoisotopic (exact) mass is 430 g/mol. The molecule has 2 N–H and O–H groups in total. The van der Waals surface area contributed by atoms with E-state index in [0.717, 1.165) is 39.1 Å². The van der Waals surface area contributed by atoms with Crippen LogP contribution in [0.1, 0.15) is 18.4 Å². The fraction of sp³-hybridized carbons (Fsp3) is 0.760. The zero-order valence-corrected chi connectivity index (χ0v) is 20.2. The van der Waals surface area contributed by atoms with Crippen LogP contribution in [0.3, 0.4) is 0 Å². The summed E-state index contributed by atoms with van der Waals surface area (Å²) in [5, 5.41) is 7.60. The first kappa shape index (κ1) is 24.6. The van der Waals surface area contributed by atoms with Gasteiger partial charge in [-0.15, -0.1) is 0 Å². The van der Waals surface area contributed by atoms with Gasteiger partial charge in [-0.3, -0.25) is 9.80 Å². The SMILES string of the molecule is CN(C)CCN1CCC[C@H]1CNCCN[C@@H](Cc1ccccc1)CN1CCN(C)CC1. The number of hydrogen-bond donors (Lipinski definition) is 2. The van der Waals surface area contributed by atoms with E-state index in [1.54, 1.807) is 0 Å². The lowest BCUT2D eigenvalue weighted by molar-refractivity contribution is 0.142. The van der Waals surface area contributed by atoms with Crippen LogP contribution < -0.4 is 10.6 Å². The van der Waals surface area contributed by atoms with Crippen molar-refractivity contribution in [3.05, 3.63) is 35.9 Å². The second-order valence-corrected chi connectivity index (χ2v) is 9.78. The fourth-order valence-electron chi connectivity index (χ4n) is 4.82. The first-order chi connectivity index (χ1) is 15.1. The molecule has 31 heavy (non-hydrogen) atoms. The smallest absolute Gasteiger partial charge is 0.0235 e. The number of hydrogen-bond acceptors (Lipinski definition) is 6. The summed E-state index contributed by atoms with van der Waals surface area (Å²) in [6.07, 6.45) is 3.80. The molecule has 0 aromatic heterocycles. The third-order valence-electron chi connectivity index (χ3n) is 6.85. The first-order valence-corrected chi connectivity index (χ1v) is 12.4. The van der Waals surface area contributed by atoms with Crippen molar-refractivity contribution in [2.24, 2.45) is 0 Å². The topological polar surface area (TPSA) is 37.0 Å². The van der Waals surface area contributed by atoms with Gasteiger partial charge in [0.15, 0.2) is 0 Å². The van der Waals surface area contributed by atoms with Gasteiger partial charge in [-0.05, 0) is 52.5 Å². The molecule has 1 aromatic carbocycles. The highest BCUT2D eigenvalue weighted by molar-refractivity contribution is 5.16. The third kappa shape index (κ3) is 9.16. The minimum absolute atomic E-state index is 0.510. The van der Waals surface area contributed by atoms with Crippen molar-refractivity contribution in [3.8, 4) is 0 Å². The second kappa shape index (κ2) is 13.5. The van der Waals surface area contributed by atoms with E-state index in [2.05, 4.69) is 81.7 Å². The molecule has 1 aromatic rings. The normalized spacial score (nSPS) is 22.4. The van der Waals surface area contributed by atoms with Gasteiger partial charge in [0.1, 0.15) is 0 Å². The van der Waals surface area contributed by atoms with E-state index >= 15 is 0 Å². The predicted octanol–water partition coefficient (Wildman–Crippen LogP) is 1.05. The highest BCUT2D eigenvalue weighted by atomic mass is 15.3. The Kier molecular flexibility index (Phi) is 10.7. The molecule has 0 unspecified atom stereocenters. The van der Waals surface area contributed by atoms with Crippen molar-refractivity contribution < 1.29 is 0 Å². The molecule has 2 aliphatic heterocycles. The number of rotatable bonds is 13. The largest absolute Gasteiger partial charge is 0.314 e. The Morgan fingerprint density at radius 3 is 2.55 bits per heavy atom. The zero-order valence-electron chi connectivity index (χ0n) is 20.2. The Hall–Kier alpha value is -1.02. The van der Waals surface area contributed by atoms with Crippen LogP contribution in [-0.4, -0.2) is 125 Å². The molecule has 0 aliphatic carbocycles. The van der Waals surface area contributed by atoms with Gasteiger partial charge in [-0.1, -0.05) is 30.3 Å². The minimum Gasteiger partial charge on any atom is -0.314 e. The molecule has 2 fully saturated rings. The lowest BCUT2D eigenvalue weighted by Gasteiger charge is -2.35. The van der Waals surface area contributed by atoms with Crippen LogP contribution in [0.15, 0.2) is 30.3 Å². The molecule has 2 heterocycles. The Bertz CT molecular complexity index is 587. The lowest BCUT2D eigenvalue weighted by Crippen LogP contribution is -2.51. The molecular weight excluding hydrogens is 384 g/mol. The maximum Gasteiger partial charge on any atom is 0.0235 e. The Balaban J connectivity index is 1.38. The van der Waals surface area contributed by atoms with Gasteiger partial charge in [0.25, 0.3) is 0 Å². The van der Waals surface area contributed by atoms with E-state index in [1.165, 1.54) is 57.7 Å². The highest BCUT2D eigenvalue weighted by Gasteiger charge is 2.23. The molecule has 0 bridgehead atoms. The summed E-state index contributed by atoms with van der Waals surface area (Å²) >= 11 is 0. The standard InChI is InChI=1S/C25H46N6/c1-28(2)14-19-31-13-7-10-25(31)21-26-11-12-27-24(20-23-8-5-4-6-9-23)22-30-17-15-29(3)16-18-30/h4-6,8-9,24-27H,7,10-22H2,1-3H3/t24-,25-/m0/s1. The number of likely N-dealkylation sites (tertiary alicyclic amines) is 1. The summed E-state index contributed by atoms with van der Waals surface area (Å²) in [6, 6.07) is 12.2. The van der Waals surface area contributed by atoms with Gasteiger partial charge in [0.2, 0.25) is 0 Å². The molecule has 2 atom stereocenters. The third-order valence-corrected chi connectivity index (χ3v) is 6.85. The summed E-state index contributed by atoms with van der Waals surface area (Å²) in [7, 11) is 6.57. The van der Waals surface area contributed by atoms with E-state index in [1.807, 2.05) is 0 Å². The fourth-order valence-corrected chi connectivity index (χ4v) is 4.82. The maximum atomic E-state index is 3.87. The molecule has 2 aliphatic rings. The van der Waals surface area contributed by atoms with Crippen LogP contribution in [0.4, 0.5) is 0 Å². The Morgan fingerprint density at radius 1 is 1.03 bits per heavy atom. The second-order valence-electron chi connectivity index (χ2n) is 9.78. The van der Waals surface area contributed by atoms with Gasteiger partial charge in [-0.2, -0.15) is 0 Å². The average molecular weight is 431 g/mol. The van der Waals surface area contributed by atoms with E-state index in [-0.39, 0.29) is 0 Å². The van der Waals surface area contributed by atoms with Crippen LogP contribution in [0, 0.1) is 0 Å². The molecule has 6 nitrogen and oxygen atoms in total. The van der Waals surface area contributed by atoms with Crippen molar-refractivity contribution in [1.29, 1.82) is 0 Å². The molecule has 176 valence electrons. The van der Waals surface area contributed by atoms with Gasteiger partial charge >= 0.3 is 0 Å². The summed E-state index contributed by atoms with van der Waals surface area (Å²) < 4.78 is 0. The molecule has 0 radical (unpaired) electrons. The quantitative estimate of drug-likeness (QED) is 0.456. The maximum absolute atomic E-state index is 3.87. The van der Waals surface area contributed by atoms with Crippen LogP contribution in [0.25, 0.3) is 0 Å². The molecule has 2 saturated heterocycles. The predicted molar refractivity (Wildman–Crippen MR) is 132 cm³/mol. The van der Waals surface area contributed by atoms with Gasteiger partial charge in [-0.25, -0.2) is 0 Å². The Labute approximate surface area is 190 Å². The number of likely N-dealkylation sites (N-methyl/N-ethyl adjacent to an activating group) is 2. The molecule has 0 amide bonds. The Morgan fingerprint density at radius 2 is 1.81 bits per heavy atom. The van der Waals surface area contributed by atoms with Crippen molar-refractivity contribution in [1.82, 2.24) is 30.2 Å². The summed E-state index contributed by atoms with van der Waals surface area (Å²) in [4.78, 5) is 10.0. The molecule has 0 saturated carbocycles. The molecule has 3 rings (SSSR count). The number of piperazine rings is 1. The summed E-state index contributed by atoms with van der Waals surface area (Å²) in [5.41, 5.74) is 1.43. The van der Waals surface area contributed by atoms with Crippen LogP contribution >= 0.6 is 0 Å². The lowest BCUT2D eigenvalue weighted by atomic mass is 10.0. The van der Waals surface area contributed by atoms with Gasteiger partial charge in [0, 0.05) is 77.5 Å². The zero-order chi connectivity index (χ0) is 21.9. The van der Waals surface area contributed by atoms with E-state index in [4.69, 9.17) is 0 Å². The number of nitrogens with zero attached hydrogens (tertiary/aromatic N) is 4. The van der Waals surface area contributed by atoms with Crippen LogP contribution in [-0.2, 0) is 6.42 Å². The molecular formula is C25H46N6. The van der Waals surface area contributed by atoms with E-state index in [9.17, 15) is 0 Å². The molecule has 0 spiro atoms. The van der Waals surface area contributed by atoms with Crippen LogP contribution in [0.5, 0.6) is 0 Å². The highest BCUT2D eigenvalue weighted by Crippen LogP contribution is 2.15. The van der Waals surface area contributed by atoms with Gasteiger partial charge in [0.05, 0.1) is 0 Å². The van der Waals surface area contributed by atoms with Crippen LogP contribution in [0.2, 0.25) is 0 Å². The average Bonchev–Trinajstić information content (AvgIpc) is 3.21. The summed E-state index contributed by atoms with van der Waals surface area (Å²) in [5.74, 6) is 0. The van der Waals surface area contributed by atoms with E-state index < -0.39 is 0 Å². The minimum atomic E-state index is 0.510. The first-order valence-electron chi connectivity index (χ1n) is 12.4. The van der Waals surface area contributed by atoms with Gasteiger partial charge < -0.3 is 20.4 Å².